The number of aromatic hydroxyl groups is 1. The Bertz CT molecular complexity index is 1110. The van der Waals surface area contributed by atoms with Crippen LogP contribution in [0.4, 0.5) is 0 Å². The number of aryl methyl sites for hydroxylation is 1. The molecule has 30 heavy (non-hydrogen) atoms. The Morgan fingerprint density at radius 1 is 1.13 bits per heavy atom. The van der Waals surface area contributed by atoms with Gasteiger partial charge >= 0.3 is 0 Å². The minimum atomic E-state index is -0.273. The zero-order valence-corrected chi connectivity index (χ0v) is 17.3. The van der Waals surface area contributed by atoms with Crippen LogP contribution in [0.2, 0.25) is 0 Å². The lowest BCUT2D eigenvalue weighted by molar-refractivity contribution is -0.121. The van der Waals surface area contributed by atoms with E-state index in [1.54, 1.807) is 16.7 Å². The van der Waals surface area contributed by atoms with E-state index >= 15 is 0 Å². The minimum Gasteiger partial charge on any atom is -0.508 e. The summed E-state index contributed by atoms with van der Waals surface area (Å²) in [4.78, 5) is 24.3. The number of amides is 2. The number of aromatic nitrogens is 3. The number of benzene rings is 2. The molecule has 0 atom stereocenters. The Balaban J connectivity index is 1.47. The van der Waals surface area contributed by atoms with Crippen LogP contribution in [0.5, 0.6) is 5.75 Å². The standard InChI is InChI=1S/C21H23N5O3S/c1-14-5-2-6-15(11-14)19-24-25-21(30)26(19)13-18(28)22-9-4-10-23-20(29)16-7-3-8-17(27)12-16/h2-3,5-8,11-12,27H,4,9-10,13H2,1H3,(H,22,28)(H,23,29)(H,25,30). The summed E-state index contributed by atoms with van der Waals surface area (Å²) in [5.74, 6) is 0.181. The Morgan fingerprint density at radius 3 is 2.67 bits per heavy atom. The summed E-state index contributed by atoms with van der Waals surface area (Å²) in [6.45, 7) is 2.84. The van der Waals surface area contributed by atoms with E-state index < -0.39 is 0 Å². The molecule has 8 nitrogen and oxygen atoms in total. The summed E-state index contributed by atoms with van der Waals surface area (Å²) in [7, 11) is 0. The molecule has 2 aromatic carbocycles. The molecule has 0 aliphatic heterocycles. The molecule has 0 spiro atoms. The molecule has 0 saturated carbocycles. The molecule has 0 aliphatic rings. The lowest BCUT2D eigenvalue weighted by Crippen LogP contribution is -2.32. The molecule has 0 unspecified atom stereocenters. The fourth-order valence-electron chi connectivity index (χ4n) is 2.94. The van der Waals surface area contributed by atoms with Crippen molar-refractivity contribution in [2.75, 3.05) is 13.1 Å². The molecular formula is C21H23N5O3S. The first-order valence-corrected chi connectivity index (χ1v) is 9.91. The van der Waals surface area contributed by atoms with Gasteiger partial charge in [-0.15, -0.1) is 0 Å². The fourth-order valence-corrected chi connectivity index (χ4v) is 3.13. The van der Waals surface area contributed by atoms with E-state index in [1.807, 2.05) is 31.2 Å². The summed E-state index contributed by atoms with van der Waals surface area (Å²) in [6, 6.07) is 13.9. The lowest BCUT2D eigenvalue weighted by atomic mass is 10.1. The molecule has 0 aliphatic carbocycles. The summed E-state index contributed by atoms with van der Waals surface area (Å²) in [6.07, 6.45) is 0.567. The first-order chi connectivity index (χ1) is 14.4. The van der Waals surface area contributed by atoms with Gasteiger partial charge in [0.1, 0.15) is 12.3 Å². The van der Waals surface area contributed by atoms with E-state index in [4.69, 9.17) is 12.2 Å². The van der Waals surface area contributed by atoms with Crippen LogP contribution in [0.25, 0.3) is 11.4 Å². The van der Waals surface area contributed by atoms with Crippen LogP contribution in [-0.2, 0) is 11.3 Å². The van der Waals surface area contributed by atoms with Crippen molar-refractivity contribution in [3.05, 3.63) is 64.4 Å². The van der Waals surface area contributed by atoms with Crippen LogP contribution in [0, 0.1) is 11.7 Å². The van der Waals surface area contributed by atoms with E-state index in [0.29, 0.717) is 35.7 Å². The number of nitrogens with one attached hydrogen (secondary N) is 3. The van der Waals surface area contributed by atoms with Crippen molar-refractivity contribution < 1.29 is 14.7 Å². The average Bonchev–Trinajstić information content (AvgIpc) is 3.08. The zero-order valence-electron chi connectivity index (χ0n) is 16.5. The number of carbonyl (C=O) groups is 2. The van der Waals surface area contributed by atoms with E-state index in [2.05, 4.69) is 20.8 Å². The smallest absolute Gasteiger partial charge is 0.251 e. The monoisotopic (exact) mass is 425 g/mol. The predicted octanol–water partition coefficient (Wildman–Crippen LogP) is 2.56. The second-order valence-corrected chi connectivity index (χ2v) is 7.20. The Labute approximate surface area is 179 Å². The molecule has 0 saturated heterocycles. The Kier molecular flexibility index (Phi) is 6.97. The second-order valence-electron chi connectivity index (χ2n) is 6.82. The molecule has 4 N–H and O–H groups in total. The summed E-state index contributed by atoms with van der Waals surface area (Å²) < 4.78 is 2.03. The van der Waals surface area contributed by atoms with Gasteiger partial charge in [0, 0.05) is 24.2 Å². The van der Waals surface area contributed by atoms with Crippen LogP contribution in [0.3, 0.4) is 0 Å². The number of hydrogen-bond acceptors (Lipinski definition) is 5. The average molecular weight is 426 g/mol. The van der Waals surface area contributed by atoms with Gasteiger partial charge in [-0.25, -0.2) is 0 Å². The van der Waals surface area contributed by atoms with Crippen LogP contribution in [-0.4, -0.2) is 44.8 Å². The SMILES string of the molecule is Cc1cccc(-c2n[nH]c(=S)n2CC(=O)NCCCNC(=O)c2cccc(O)c2)c1. The van der Waals surface area contributed by atoms with Crippen molar-refractivity contribution in [2.24, 2.45) is 0 Å². The molecular weight excluding hydrogens is 402 g/mol. The first-order valence-electron chi connectivity index (χ1n) is 9.50. The number of rotatable bonds is 8. The minimum absolute atomic E-state index is 0.0396. The summed E-state index contributed by atoms with van der Waals surface area (Å²) in [5, 5.41) is 22.0. The van der Waals surface area contributed by atoms with Gasteiger partial charge in [0.15, 0.2) is 10.6 Å². The lowest BCUT2D eigenvalue weighted by Gasteiger charge is -2.09. The number of hydrogen-bond donors (Lipinski definition) is 4. The maximum Gasteiger partial charge on any atom is 0.251 e. The van der Waals surface area contributed by atoms with Crippen LogP contribution in [0.1, 0.15) is 22.3 Å². The van der Waals surface area contributed by atoms with Crippen LogP contribution < -0.4 is 10.6 Å². The number of carbonyl (C=O) groups excluding carboxylic acids is 2. The van der Waals surface area contributed by atoms with Gasteiger partial charge in [0.25, 0.3) is 5.91 Å². The third-order valence-corrected chi connectivity index (χ3v) is 4.72. The maximum absolute atomic E-state index is 12.3. The molecule has 156 valence electrons. The highest BCUT2D eigenvalue weighted by Gasteiger charge is 2.12. The number of aromatic amines is 1. The van der Waals surface area contributed by atoms with Gasteiger partial charge in [-0.1, -0.05) is 29.8 Å². The molecule has 1 aromatic heterocycles. The van der Waals surface area contributed by atoms with Crippen LogP contribution >= 0.6 is 12.2 Å². The number of phenolic OH excluding ortho intramolecular Hbond substituents is 1. The van der Waals surface area contributed by atoms with Crippen molar-refractivity contribution in [1.29, 1.82) is 0 Å². The van der Waals surface area contributed by atoms with E-state index in [1.165, 1.54) is 12.1 Å². The molecule has 3 rings (SSSR count). The van der Waals surface area contributed by atoms with Gasteiger partial charge in [-0.2, -0.15) is 5.10 Å². The zero-order chi connectivity index (χ0) is 21.5. The molecule has 0 fully saturated rings. The molecule has 0 bridgehead atoms. The quantitative estimate of drug-likeness (QED) is 0.327. The Hall–Kier alpha value is -3.46. The number of H-pyrrole nitrogens is 1. The molecule has 3 aromatic rings. The van der Waals surface area contributed by atoms with Gasteiger partial charge in [0.05, 0.1) is 0 Å². The number of nitrogens with zero attached hydrogens (tertiary/aromatic N) is 2. The van der Waals surface area contributed by atoms with E-state index in [9.17, 15) is 14.7 Å². The van der Waals surface area contributed by atoms with Crippen molar-refractivity contribution in [3.8, 4) is 17.1 Å². The van der Waals surface area contributed by atoms with Crippen molar-refractivity contribution >= 4 is 24.0 Å². The third kappa shape index (κ3) is 5.54. The molecule has 9 heteroatoms. The van der Waals surface area contributed by atoms with Gasteiger partial charge in [-0.3, -0.25) is 19.3 Å². The maximum atomic E-state index is 12.3. The molecule has 0 radical (unpaired) electrons. The normalized spacial score (nSPS) is 10.6. The number of phenols is 1. The second kappa shape index (κ2) is 9.84. The van der Waals surface area contributed by atoms with Crippen molar-refractivity contribution in [1.82, 2.24) is 25.4 Å². The Morgan fingerprint density at radius 2 is 1.90 bits per heavy atom. The highest BCUT2D eigenvalue weighted by molar-refractivity contribution is 7.71. The highest BCUT2D eigenvalue weighted by Crippen LogP contribution is 2.18. The van der Waals surface area contributed by atoms with E-state index in [-0.39, 0.29) is 24.1 Å². The summed E-state index contributed by atoms with van der Waals surface area (Å²) in [5.41, 5.74) is 2.35. The van der Waals surface area contributed by atoms with Crippen molar-refractivity contribution in [2.45, 2.75) is 19.9 Å². The predicted molar refractivity (Wildman–Crippen MR) is 116 cm³/mol. The van der Waals surface area contributed by atoms with Gasteiger partial charge in [-0.05, 0) is 49.8 Å². The topological polar surface area (TPSA) is 112 Å². The van der Waals surface area contributed by atoms with Crippen molar-refractivity contribution in [3.63, 3.8) is 0 Å². The third-order valence-electron chi connectivity index (χ3n) is 4.41. The van der Waals surface area contributed by atoms with Gasteiger partial charge in [0.2, 0.25) is 5.91 Å². The molecule has 2 amide bonds. The van der Waals surface area contributed by atoms with Gasteiger partial charge < -0.3 is 15.7 Å². The first kappa shape index (κ1) is 21.3. The fraction of sp³-hybridized carbons (Fsp3) is 0.238. The van der Waals surface area contributed by atoms with Crippen LogP contribution in [0.15, 0.2) is 48.5 Å². The largest absolute Gasteiger partial charge is 0.508 e. The highest BCUT2D eigenvalue weighted by atomic mass is 32.1. The van der Waals surface area contributed by atoms with E-state index in [0.717, 1.165) is 11.1 Å². The molecule has 1 heterocycles. The summed E-state index contributed by atoms with van der Waals surface area (Å²) >= 11 is 5.26.